The van der Waals surface area contributed by atoms with Crippen LogP contribution >= 0.6 is 0 Å². The first-order chi connectivity index (χ1) is 12.6. The van der Waals surface area contributed by atoms with Crippen molar-refractivity contribution in [3.63, 3.8) is 0 Å². The van der Waals surface area contributed by atoms with Gasteiger partial charge in [-0.3, -0.25) is 4.79 Å². The number of hydrogen-bond acceptors (Lipinski definition) is 4. The second-order valence-electron chi connectivity index (χ2n) is 6.73. The number of carbonyl (C=O) groups excluding carboxylic acids is 1. The van der Waals surface area contributed by atoms with Crippen molar-refractivity contribution in [1.82, 2.24) is 20.0 Å². The van der Waals surface area contributed by atoms with Crippen LogP contribution in [-0.4, -0.2) is 20.6 Å². The van der Waals surface area contributed by atoms with E-state index >= 15 is 0 Å². The molecule has 0 fully saturated rings. The molecule has 0 unspecified atom stereocenters. The van der Waals surface area contributed by atoms with Gasteiger partial charge in [-0.2, -0.15) is 0 Å². The highest BCUT2D eigenvalue weighted by Gasteiger charge is 2.17. The van der Waals surface area contributed by atoms with Crippen molar-refractivity contribution in [2.24, 2.45) is 0 Å². The van der Waals surface area contributed by atoms with Crippen molar-refractivity contribution in [3.8, 4) is 0 Å². The summed E-state index contributed by atoms with van der Waals surface area (Å²) < 4.78 is 7.32. The molecule has 0 spiro atoms. The number of carbonyl (C=O) groups is 1. The first-order valence-corrected chi connectivity index (χ1v) is 9.46. The summed E-state index contributed by atoms with van der Waals surface area (Å²) in [4.78, 5) is 17.1. The third kappa shape index (κ3) is 5.31. The number of allylic oxidation sites excluding steroid dienone is 2. The van der Waals surface area contributed by atoms with Gasteiger partial charge in [0, 0.05) is 19.0 Å². The molecule has 0 aliphatic heterocycles. The van der Waals surface area contributed by atoms with Crippen LogP contribution in [0, 0.1) is 0 Å². The van der Waals surface area contributed by atoms with E-state index in [1.54, 1.807) is 6.20 Å². The van der Waals surface area contributed by atoms with E-state index in [4.69, 9.17) is 4.52 Å². The highest BCUT2D eigenvalue weighted by molar-refractivity contribution is 5.92. The third-order valence-corrected chi connectivity index (χ3v) is 4.27. The molecule has 2 rings (SSSR count). The normalized spacial score (nSPS) is 11.6. The van der Waals surface area contributed by atoms with Gasteiger partial charge in [-0.1, -0.05) is 44.5 Å². The zero-order valence-electron chi connectivity index (χ0n) is 16.3. The lowest BCUT2D eigenvalue weighted by atomic mass is 10.1. The van der Waals surface area contributed by atoms with E-state index in [-0.39, 0.29) is 5.91 Å². The SMILES string of the molecule is C/C=C\CCn1c(C(=O)NCc2cc(C(C)C)no2)cnc1CCCC. The Bertz CT molecular complexity index is 728. The molecule has 6 heteroatoms. The molecule has 0 aromatic carbocycles. The van der Waals surface area contributed by atoms with E-state index in [0.29, 0.717) is 23.9 Å². The highest BCUT2D eigenvalue weighted by atomic mass is 16.5. The van der Waals surface area contributed by atoms with Crippen LogP contribution in [0.25, 0.3) is 0 Å². The maximum Gasteiger partial charge on any atom is 0.269 e. The van der Waals surface area contributed by atoms with Crippen molar-refractivity contribution >= 4 is 5.91 Å². The molecule has 2 aromatic heterocycles. The minimum absolute atomic E-state index is 0.136. The number of hydrogen-bond donors (Lipinski definition) is 1. The molecule has 0 aliphatic rings. The van der Waals surface area contributed by atoms with Crippen molar-refractivity contribution in [3.05, 3.63) is 47.4 Å². The summed E-state index contributed by atoms with van der Waals surface area (Å²) in [5.41, 5.74) is 1.50. The number of amides is 1. The van der Waals surface area contributed by atoms with E-state index in [0.717, 1.165) is 43.7 Å². The summed E-state index contributed by atoms with van der Waals surface area (Å²) in [6, 6.07) is 1.89. The third-order valence-electron chi connectivity index (χ3n) is 4.27. The number of aryl methyl sites for hydroxylation is 1. The average Bonchev–Trinajstić information content (AvgIpc) is 3.25. The van der Waals surface area contributed by atoms with Gasteiger partial charge in [-0.15, -0.1) is 0 Å². The predicted molar refractivity (Wildman–Crippen MR) is 102 cm³/mol. The fourth-order valence-electron chi connectivity index (χ4n) is 2.69. The molecular formula is C20H30N4O2. The molecule has 2 heterocycles. The Kier molecular flexibility index (Phi) is 7.63. The highest BCUT2D eigenvalue weighted by Crippen LogP contribution is 2.14. The first-order valence-electron chi connectivity index (χ1n) is 9.46. The fourth-order valence-corrected chi connectivity index (χ4v) is 2.69. The molecule has 26 heavy (non-hydrogen) atoms. The maximum absolute atomic E-state index is 12.6. The Morgan fingerprint density at radius 3 is 2.88 bits per heavy atom. The van der Waals surface area contributed by atoms with Crippen LogP contribution in [0.3, 0.4) is 0 Å². The molecule has 6 nitrogen and oxygen atoms in total. The summed E-state index contributed by atoms with van der Waals surface area (Å²) in [5.74, 6) is 1.80. The second kappa shape index (κ2) is 9.94. The van der Waals surface area contributed by atoms with Crippen LogP contribution in [0.4, 0.5) is 0 Å². The molecule has 0 bridgehead atoms. The van der Waals surface area contributed by atoms with Crippen molar-refractivity contribution in [1.29, 1.82) is 0 Å². The number of imidazole rings is 1. The number of nitrogens with zero attached hydrogens (tertiary/aromatic N) is 3. The largest absolute Gasteiger partial charge is 0.359 e. The van der Waals surface area contributed by atoms with Gasteiger partial charge in [0.25, 0.3) is 5.91 Å². The molecule has 0 aliphatic carbocycles. The standard InChI is InChI=1S/C20H30N4O2/c1-5-7-9-11-24-18(14-21-19(24)10-8-6-2)20(25)22-13-16-12-17(15(3)4)23-26-16/h5,7,12,14-15H,6,8-11,13H2,1-4H3,(H,22,25)/b7-5-. The molecule has 1 amide bonds. The predicted octanol–water partition coefficient (Wildman–Crippen LogP) is 4.23. The topological polar surface area (TPSA) is 73.0 Å². The van der Waals surface area contributed by atoms with Crippen LogP contribution in [-0.2, 0) is 19.5 Å². The van der Waals surface area contributed by atoms with Gasteiger partial charge in [-0.05, 0) is 25.7 Å². The fraction of sp³-hybridized carbons (Fsp3) is 0.550. The zero-order chi connectivity index (χ0) is 18.9. The molecule has 1 N–H and O–H groups in total. The smallest absolute Gasteiger partial charge is 0.269 e. The molecule has 142 valence electrons. The van der Waals surface area contributed by atoms with Gasteiger partial charge in [0.2, 0.25) is 0 Å². The second-order valence-corrected chi connectivity index (χ2v) is 6.73. The van der Waals surface area contributed by atoms with E-state index in [1.165, 1.54) is 0 Å². The Morgan fingerprint density at radius 1 is 1.42 bits per heavy atom. The quantitative estimate of drug-likeness (QED) is 0.645. The van der Waals surface area contributed by atoms with Gasteiger partial charge in [0.15, 0.2) is 5.76 Å². The van der Waals surface area contributed by atoms with Gasteiger partial charge in [0.1, 0.15) is 11.5 Å². The van der Waals surface area contributed by atoms with Crippen molar-refractivity contribution in [2.75, 3.05) is 0 Å². The summed E-state index contributed by atoms with van der Waals surface area (Å²) in [6.45, 7) is 9.35. The number of nitrogens with one attached hydrogen (secondary N) is 1. The lowest BCUT2D eigenvalue weighted by molar-refractivity contribution is 0.0937. The molecule has 0 radical (unpaired) electrons. The van der Waals surface area contributed by atoms with E-state index in [1.807, 2.05) is 23.6 Å². The Morgan fingerprint density at radius 2 is 2.23 bits per heavy atom. The van der Waals surface area contributed by atoms with E-state index in [2.05, 4.69) is 42.3 Å². The van der Waals surface area contributed by atoms with Crippen LogP contribution in [0.15, 0.2) is 28.9 Å². The molecule has 0 atom stereocenters. The van der Waals surface area contributed by atoms with Crippen molar-refractivity contribution < 1.29 is 9.32 Å². The molecule has 2 aromatic rings. The monoisotopic (exact) mass is 358 g/mol. The molecule has 0 saturated carbocycles. The van der Waals surface area contributed by atoms with Gasteiger partial charge < -0.3 is 14.4 Å². The van der Waals surface area contributed by atoms with Crippen LogP contribution < -0.4 is 5.32 Å². The average molecular weight is 358 g/mol. The Hall–Kier alpha value is -2.37. The molecule has 0 saturated heterocycles. The number of rotatable bonds is 10. The summed E-state index contributed by atoms with van der Waals surface area (Å²) >= 11 is 0. The van der Waals surface area contributed by atoms with Gasteiger partial charge in [-0.25, -0.2) is 4.98 Å². The summed E-state index contributed by atoms with van der Waals surface area (Å²) in [6.07, 6.45) is 9.75. The maximum atomic E-state index is 12.6. The Balaban J connectivity index is 2.06. The van der Waals surface area contributed by atoms with Crippen LogP contribution in [0.5, 0.6) is 0 Å². The lowest BCUT2D eigenvalue weighted by Crippen LogP contribution is -2.26. The van der Waals surface area contributed by atoms with E-state index in [9.17, 15) is 4.79 Å². The van der Waals surface area contributed by atoms with Crippen molar-refractivity contribution in [2.45, 2.75) is 72.4 Å². The van der Waals surface area contributed by atoms with Crippen LogP contribution in [0.1, 0.15) is 80.6 Å². The Labute approximate surface area is 155 Å². The van der Waals surface area contributed by atoms with Crippen LogP contribution in [0.2, 0.25) is 0 Å². The van der Waals surface area contributed by atoms with Gasteiger partial charge in [0.05, 0.1) is 18.4 Å². The number of aromatic nitrogens is 3. The minimum Gasteiger partial charge on any atom is -0.359 e. The zero-order valence-corrected chi connectivity index (χ0v) is 16.3. The van der Waals surface area contributed by atoms with Gasteiger partial charge >= 0.3 is 0 Å². The lowest BCUT2D eigenvalue weighted by Gasteiger charge is -2.11. The number of unbranched alkanes of at least 4 members (excludes halogenated alkanes) is 1. The van der Waals surface area contributed by atoms with E-state index < -0.39 is 0 Å². The minimum atomic E-state index is -0.136. The first kappa shape index (κ1) is 19.9. The summed E-state index contributed by atoms with van der Waals surface area (Å²) in [7, 11) is 0. The summed E-state index contributed by atoms with van der Waals surface area (Å²) in [5, 5.41) is 6.94. The molecular weight excluding hydrogens is 328 g/mol.